The molecule has 0 aliphatic carbocycles. The number of H-pyrrole nitrogens is 1. The zero-order valence-electron chi connectivity index (χ0n) is 21.4. The van der Waals surface area contributed by atoms with Gasteiger partial charge in [0, 0.05) is 50.4 Å². The summed E-state index contributed by atoms with van der Waals surface area (Å²) in [5.74, 6) is -0.997. The van der Waals surface area contributed by atoms with Crippen molar-refractivity contribution in [2.75, 3.05) is 10.6 Å². The number of carbonyl (C=O) groups excluding carboxylic acids is 3. The molecule has 0 spiro atoms. The number of nitrogens with one attached hydrogen (secondary N) is 4. The fourth-order valence-electron chi connectivity index (χ4n) is 3.88. The van der Waals surface area contributed by atoms with Gasteiger partial charge in [0.15, 0.2) is 5.13 Å². The first-order valence-corrected chi connectivity index (χ1v) is 14.1. The summed E-state index contributed by atoms with van der Waals surface area (Å²) in [5.41, 5.74) is 2.78. The third-order valence-corrected chi connectivity index (χ3v) is 7.71. The lowest BCUT2D eigenvalue weighted by atomic mass is 10.1. The number of rotatable bonds is 9. The zero-order chi connectivity index (χ0) is 27.9. The molecule has 2 aromatic heterocycles. The van der Waals surface area contributed by atoms with E-state index in [1.54, 1.807) is 60.2 Å². The van der Waals surface area contributed by atoms with Crippen LogP contribution in [0.15, 0.2) is 107 Å². The van der Waals surface area contributed by atoms with Crippen LogP contribution in [0.4, 0.5) is 10.8 Å². The maximum atomic E-state index is 13.4. The molecule has 4 N–H and O–H groups in total. The van der Waals surface area contributed by atoms with Crippen LogP contribution >= 0.6 is 23.1 Å². The molecule has 0 saturated heterocycles. The Morgan fingerprint density at radius 3 is 2.45 bits per heavy atom. The standard InChI is InChI=1S/C30H25N5O3S2/c1-19(27(36)35-30-31-15-16-39-30)40-23-13-11-22(12-14-23)33-29(38)26(34-28(37)20-7-3-2-4-8-20)17-21-18-32-25-10-6-5-9-24(21)25/h2-19,32H,1H3,(H,33,38)(H,34,37)(H,31,35,36)/b26-17-. The van der Waals surface area contributed by atoms with Gasteiger partial charge in [-0.2, -0.15) is 0 Å². The van der Waals surface area contributed by atoms with Gasteiger partial charge in [-0.25, -0.2) is 4.98 Å². The van der Waals surface area contributed by atoms with E-state index >= 15 is 0 Å². The molecule has 5 rings (SSSR count). The normalized spacial score (nSPS) is 12.1. The molecule has 8 nitrogen and oxygen atoms in total. The summed E-state index contributed by atoms with van der Waals surface area (Å²) < 4.78 is 0. The molecule has 5 aromatic rings. The fourth-order valence-corrected chi connectivity index (χ4v) is 5.28. The number of amides is 3. The maximum absolute atomic E-state index is 13.4. The third kappa shape index (κ3) is 6.66. The molecule has 3 aromatic carbocycles. The van der Waals surface area contributed by atoms with E-state index in [0.29, 0.717) is 16.4 Å². The number of aromatic nitrogens is 2. The van der Waals surface area contributed by atoms with Crippen LogP contribution in [0.5, 0.6) is 0 Å². The monoisotopic (exact) mass is 567 g/mol. The maximum Gasteiger partial charge on any atom is 0.272 e. The number of aromatic amines is 1. The molecule has 40 heavy (non-hydrogen) atoms. The van der Waals surface area contributed by atoms with Gasteiger partial charge in [0.2, 0.25) is 5.91 Å². The van der Waals surface area contributed by atoms with Crippen LogP contribution in [-0.4, -0.2) is 32.9 Å². The summed E-state index contributed by atoms with van der Waals surface area (Å²) in [5, 5.41) is 11.4. The van der Waals surface area contributed by atoms with Gasteiger partial charge in [0.25, 0.3) is 11.8 Å². The van der Waals surface area contributed by atoms with Crippen LogP contribution in [0.2, 0.25) is 0 Å². The Labute approximate surface area is 238 Å². The summed E-state index contributed by atoms with van der Waals surface area (Å²) in [4.78, 5) is 46.9. The lowest BCUT2D eigenvalue weighted by Crippen LogP contribution is -2.30. The summed E-state index contributed by atoms with van der Waals surface area (Å²) in [6, 6.07) is 23.6. The van der Waals surface area contributed by atoms with E-state index in [9.17, 15) is 14.4 Å². The number of thiazole rings is 1. The van der Waals surface area contributed by atoms with Gasteiger partial charge in [-0.15, -0.1) is 23.1 Å². The van der Waals surface area contributed by atoms with Crippen LogP contribution in [0.3, 0.4) is 0 Å². The van der Waals surface area contributed by atoms with Gasteiger partial charge in [0.1, 0.15) is 5.70 Å². The average Bonchev–Trinajstić information content (AvgIpc) is 3.64. The number of hydrogen-bond donors (Lipinski definition) is 4. The quantitative estimate of drug-likeness (QED) is 0.126. The molecule has 2 heterocycles. The minimum Gasteiger partial charge on any atom is -0.361 e. The summed E-state index contributed by atoms with van der Waals surface area (Å²) in [6.45, 7) is 1.82. The van der Waals surface area contributed by atoms with Crippen molar-refractivity contribution in [1.29, 1.82) is 0 Å². The van der Waals surface area contributed by atoms with Crippen molar-refractivity contribution in [3.05, 3.63) is 113 Å². The second-order valence-electron chi connectivity index (χ2n) is 8.73. The molecule has 0 saturated carbocycles. The van der Waals surface area contributed by atoms with Crippen LogP contribution < -0.4 is 16.0 Å². The highest BCUT2D eigenvalue weighted by molar-refractivity contribution is 8.00. The molecule has 200 valence electrons. The van der Waals surface area contributed by atoms with E-state index in [1.165, 1.54) is 23.1 Å². The van der Waals surface area contributed by atoms with Crippen molar-refractivity contribution in [2.24, 2.45) is 0 Å². The topological polar surface area (TPSA) is 116 Å². The van der Waals surface area contributed by atoms with Gasteiger partial charge in [-0.1, -0.05) is 36.4 Å². The second kappa shape index (κ2) is 12.5. The van der Waals surface area contributed by atoms with Crippen molar-refractivity contribution in [3.63, 3.8) is 0 Å². The first-order valence-electron chi connectivity index (χ1n) is 12.4. The van der Waals surface area contributed by atoms with Gasteiger partial charge in [-0.05, 0) is 55.5 Å². The fraction of sp³-hybridized carbons (Fsp3) is 0.0667. The van der Waals surface area contributed by atoms with Crippen LogP contribution in [-0.2, 0) is 9.59 Å². The lowest BCUT2D eigenvalue weighted by molar-refractivity contribution is -0.115. The van der Waals surface area contributed by atoms with E-state index in [4.69, 9.17) is 0 Å². The Bertz CT molecular complexity index is 1660. The van der Waals surface area contributed by atoms with E-state index < -0.39 is 11.8 Å². The number of benzene rings is 3. The smallest absolute Gasteiger partial charge is 0.272 e. The molecule has 0 aliphatic rings. The first-order chi connectivity index (χ1) is 19.5. The molecule has 10 heteroatoms. The SMILES string of the molecule is CC(Sc1ccc(NC(=O)/C(=C/c2c[nH]c3ccccc23)NC(=O)c2ccccc2)cc1)C(=O)Nc1nccs1. The van der Waals surface area contributed by atoms with Crippen LogP contribution in [0.1, 0.15) is 22.8 Å². The summed E-state index contributed by atoms with van der Waals surface area (Å²) in [6.07, 6.45) is 5.09. The Balaban J connectivity index is 1.30. The highest BCUT2D eigenvalue weighted by Crippen LogP contribution is 2.26. The first kappa shape index (κ1) is 26.9. The van der Waals surface area contributed by atoms with Gasteiger partial charge < -0.3 is 20.9 Å². The second-order valence-corrected chi connectivity index (χ2v) is 11.0. The molecule has 0 bridgehead atoms. The van der Waals surface area contributed by atoms with Crippen molar-refractivity contribution >= 4 is 68.6 Å². The van der Waals surface area contributed by atoms with E-state index in [0.717, 1.165) is 21.4 Å². The minimum absolute atomic E-state index is 0.101. The van der Waals surface area contributed by atoms with E-state index in [-0.39, 0.29) is 16.9 Å². The predicted octanol–water partition coefficient (Wildman–Crippen LogP) is 6.15. The molecule has 3 amide bonds. The number of carbonyl (C=O) groups is 3. The van der Waals surface area contributed by atoms with Crippen molar-refractivity contribution in [2.45, 2.75) is 17.1 Å². The van der Waals surface area contributed by atoms with Gasteiger partial charge in [-0.3, -0.25) is 14.4 Å². The van der Waals surface area contributed by atoms with Crippen LogP contribution in [0.25, 0.3) is 17.0 Å². The minimum atomic E-state index is -0.467. The number of thioether (sulfide) groups is 1. The molecule has 0 aliphatic heterocycles. The van der Waals surface area contributed by atoms with Crippen molar-refractivity contribution in [1.82, 2.24) is 15.3 Å². The Hall–Kier alpha value is -4.67. The summed E-state index contributed by atoms with van der Waals surface area (Å²) >= 11 is 2.76. The molecule has 0 radical (unpaired) electrons. The largest absolute Gasteiger partial charge is 0.361 e. The Morgan fingerprint density at radius 2 is 1.70 bits per heavy atom. The van der Waals surface area contributed by atoms with Gasteiger partial charge in [0.05, 0.1) is 5.25 Å². The Morgan fingerprint density at radius 1 is 0.950 bits per heavy atom. The van der Waals surface area contributed by atoms with Crippen molar-refractivity contribution in [3.8, 4) is 0 Å². The third-order valence-electron chi connectivity index (χ3n) is 5.91. The number of nitrogens with zero attached hydrogens (tertiary/aromatic N) is 1. The molecule has 1 unspecified atom stereocenters. The number of anilines is 2. The Kier molecular flexibility index (Phi) is 8.38. The summed E-state index contributed by atoms with van der Waals surface area (Å²) in [7, 11) is 0. The van der Waals surface area contributed by atoms with E-state index in [2.05, 4.69) is 25.9 Å². The molecule has 1 atom stereocenters. The zero-order valence-corrected chi connectivity index (χ0v) is 23.0. The molecule has 0 fully saturated rings. The molecular formula is C30H25N5O3S2. The van der Waals surface area contributed by atoms with E-state index in [1.807, 2.05) is 49.4 Å². The number of fused-ring (bicyclic) bond motifs is 1. The number of para-hydroxylation sites is 1. The molecular weight excluding hydrogens is 542 g/mol. The van der Waals surface area contributed by atoms with Crippen molar-refractivity contribution < 1.29 is 14.4 Å². The highest BCUT2D eigenvalue weighted by atomic mass is 32.2. The number of hydrogen-bond acceptors (Lipinski definition) is 6. The average molecular weight is 568 g/mol. The lowest BCUT2D eigenvalue weighted by Gasteiger charge is -2.13. The highest BCUT2D eigenvalue weighted by Gasteiger charge is 2.18. The predicted molar refractivity (Wildman–Crippen MR) is 161 cm³/mol. The van der Waals surface area contributed by atoms with Crippen LogP contribution in [0, 0.1) is 0 Å². The van der Waals surface area contributed by atoms with Gasteiger partial charge >= 0.3 is 0 Å².